The number of amides is 1. The van der Waals surface area contributed by atoms with Gasteiger partial charge < -0.3 is 19.5 Å². The summed E-state index contributed by atoms with van der Waals surface area (Å²) in [4.78, 5) is 25.8. The van der Waals surface area contributed by atoms with E-state index in [0.29, 0.717) is 19.4 Å². The van der Waals surface area contributed by atoms with Gasteiger partial charge in [-0.05, 0) is 31.0 Å². The lowest BCUT2D eigenvalue weighted by atomic mass is 9.80. The number of aliphatic carboxylic acids is 1. The predicted molar refractivity (Wildman–Crippen MR) is 80.0 cm³/mol. The van der Waals surface area contributed by atoms with Crippen molar-refractivity contribution in [2.45, 2.75) is 12.8 Å². The minimum absolute atomic E-state index is 0.0202. The first-order valence-electron chi connectivity index (χ1n) is 7.28. The van der Waals surface area contributed by atoms with Crippen LogP contribution in [0.4, 0.5) is 4.39 Å². The third-order valence-corrected chi connectivity index (χ3v) is 4.13. The van der Waals surface area contributed by atoms with Crippen LogP contribution < -0.4 is 4.74 Å². The molecule has 1 unspecified atom stereocenters. The molecule has 1 N–H and O–H groups in total. The molecule has 1 aromatic rings. The SMILES string of the molecule is COCC1(C(=O)O)CCCN(C(=O)c2cc(F)ccc2OC)C1. The maximum atomic E-state index is 13.5. The molecular weight excluding hydrogens is 305 g/mol. The number of carboxylic acids is 1. The molecule has 0 radical (unpaired) electrons. The Labute approximate surface area is 133 Å². The molecule has 1 amide bonds. The smallest absolute Gasteiger partial charge is 0.313 e. The number of hydrogen-bond donors (Lipinski definition) is 1. The van der Waals surface area contributed by atoms with Crippen LogP contribution in [0.1, 0.15) is 23.2 Å². The molecule has 2 rings (SSSR count). The van der Waals surface area contributed by atoms with Crippen LogP contribution >= 0.6 is 0 Å². The third-order valence-electron chi connectivity index (χ3n) is 4.13. The summed E-state index contributed by atoms with van der Waals surface area (Å²) < 4.78 is 23.6. The van der Waals surface area contributed by atoms with E-state index < -0.39 is 23.1 Å². The van der Waals surface area contributed by atoms with E-state index in [4.69, 9.17) is 9.47 Å². The van der Waals surface area contributed by atoms with Crippen molar-refractivity contribution in [3.8, 4) is 5.75 Å². The monoisotopic (exact) mass is 325 g/mol. The van der Waals surface area contributed by atoms with Gasteiger partial charge in [-0.2, -0.15) is 0 Å². The Hall–Kier alpha value is -2.15. The van der Waals surface area contributed by atoms with Crippen LogP contribution in [-0.2, 0) is 9.53 Å². The quantitative estimate of drug-likeness (QED) is 0.893. The highest BCUT2D eigenvalue weighted by molar-refractivity contribution is 5.97. The molecule has 1 aromatic carbocycles. The molecule has 23 heavy (non-hydrogen) atoms. The minimum atomic E-state index is -1.14. The molecule has 1 saturated heterocycles. The number of methoxy groups -OCH3 is 2. The lowest BCUT2D eigenvalue weighted by molar-refractivity contribution is -0.155. The molecule has 0 aliphatic carbocycles. The standard InChI is InChI=1S/C16H20FNO5/c1-22-10-16(15(20)21)6-3-7-18(9-16)14(19)12-8-11(17)4-5-13(12)23-2/h4-5,8H,3,6-7,9-10H2,1-2H3,(H,20,21). The van der Waals surface area contributed by atoms with Crippen LogP contribution in [0.15, 0.2) is 18.2 Å². The molecule has 1 fully saturated rings. The number of likely N-dealkylation sites (tertiary alicyclic amines) is 1. The van der Waals surface area contributed by atoms with Crippen LogP contribution in [0.25, 0.3) is 0 Å². The van der Waals surface area contributed by atoms with Crippen molar-refractivity contribution >= 4 is 11.9 Å². The van der Waals surface area contributed by atoms with Gasteiger partial charge in [0, 0.05) is 20.2 Å². The van der Waals surface area contributed by atoms with Gasteiger partial charge in [0.1, 0.15) is 17.0 Å². The van der Waals surface area contributed by atoms with E-state index in [0.717, 1.165) is 6.07 Å². The topological polar surface area (TPSA) is 76.1 Å². The second-order valence-electron chi connectivity index (χ2n) is 5.69. The molecule has 126 valence electrons. The fourth-order valence-corrected chi connectivity index (χ4v) is 2.95. The van der Waals surface area contributed by atoms with E-state index in [1.54, 1.807) is 0 Å². The molecule has 0 aromatic heterocycles. The van der Waals surface area contributed by atoms with Crippen molar-refractivity contribution in [2.24, 2.45) is 5.41 Å². The van der Waals surface area contributed by atoms with Gasteiger partial charge >= 0.3 is 5.97 Å². The zero-order chi connectivity index (χ0) is 17.0. The second kappa shape index (κ2) is 6.95. The third kappa shape index (κ3) is 3.44. The molecule has 0 saturated carbocycles. The zero-order valence-electron chi connectivity index (χ0n) is 13.2. The van der Waals surface area contributed by atoms with Crippen molar-refractivity contribution in [3.63, 3.8) is 0 Å². The summed E-state index contributed by atoms with van der Waals surface area (Å²) in [6.07, 6.45) is 0.971. The van der Waals surface area contributed by atoms with Crippen molar-refractivity contribution in [1.82, 2.24) is 4.90 Å². The number of piperidine rings is 1. The summed E-state index contributed by atoms with van der Waals surface area (Å²) in [6, 6.07) is 3.69. The summed E-state index contributed by atoms with van der Waals surface area (Å²) >= 11 is 0. The number of halogens is 1. The molecule has 0 spiro atoms. The minimum Gasteiger partial charge on any atom is -0.496 e. The van der Waals surface area contributed by atoms with Gasteiger partial charge in [0.05, 0.1) is 19.3 Å². The maximum absolute atomic E-state index is 13.5. The van der Waals surface area contributed by atoms with Gasteiger partial charge in [-0.25, -0.2) is 4.39 Å². The number of carboxylic acid groups (broad SMARTS) is 1. The average molecular weight is 325 g/mol. The van der Waals surface area contributed by atoms with Crippen molar-refractivity contribution < 1.29 is 28.6 Å². The Morgan fingerprint density at radius 3 is 2.74 bits per heavy atom. The Morgan fingerprint density at radius 1 is 1.39 bits per heavy atom. The lowest BCUT2D eigenvalue weighted by Crippen LogP contribution is -2.52. The van der Waals surface area contributed by atoms with Gasteiger partial charge in [0.15, 0.2) is 0 Å². The second-order valence-corrected chi connectivity index (χ2v) is 5.69. The van der Waals surface area contributed by atoms with Crippen molar-refractivity contribution in [2.75, 3.05) is 33.9 Å². The van der Waals surface area contributed by atoms with E-state index in [1.807, 2.05) is 0 Å². The van der Waals surface area contributed by atoms with E-state index in [1.165, 1.54) is 31.3 Å². The van der Waals surface area contributed by atoms with E-state index in [2.05, 4.69) is 0 Å². The Bertz CT molecular complexity index is 602. The number of hydrogen-bond acceptors (Lipinski definition) is 4. The summed E-state index contributed by atoms with van der Waals surface area (Å²) in [6.45, 7) is 0.457. The highest BCUT2D eigenvalue weighted by atomic mass is 19.1. The molecule has 7 heteroatoms. The average Bonchev–Trinajstić information content (AvgIpc) is 2.54. The van der Waals surface area contributed by atoms with Crippen LogP contribution in [0, 0.1) is 11.2 Å². The predicted octanol–water partition coefficient (Wildman–Crippen LogP) is 1.79. The fraction of sp³-hybridized carbons (Fsp3) is 0.500. The van der Waals surface area contributed by atoms with Crippen LogP contribution in [-0.4, -0.2) is 55.8 Å². The normalized spacial score (nSPS) is 21.1. The number of nitrogens with zero attached hydrogens (tertiary/aromatic N) is 1. The highest BCUT2D eigenvalue weighted by Gasteiger charge is 2.44. The van der Waals surface area contributed by atoms with Gasteiger partial charge in [0.25, 0.3) is 5.91 Å². The molecule has 1 atom stereocenters. The van der Waals surface area contributed by atoms with Gasteiger partial charge in [-0.1, -0.05) is 0 Å². The highest BCUT2D eigenvalue weighted by Crippen LogP contribution is 2.32. The van der Waals surface area contributed by atoms with E-state index >= 15 is 0 Å². The summed E-state index contributed by atoms with van der Waals surface area (Å²) in [5.74, 6) is -1.73. The van der Waals surface area contributed by atoms with Crippen molar-refractivity contribution in [1.29, 1.82) is 0 Å². The number of rotatable bonds is 5. The van der Waals surface area contributed by atoms with Crippen LogP contribution in [0.3, 0.4) is 0 Å². The Balaban J connectivity index is 2.29. The number of benzene rings is 1. The first-order chi connectivity index (χ1) is 10.9. The molecule has 1 aliphatic rings. The summed E-state index contributed by atoms with van der Waals surface area (Å²) in [5, 5.41) is 9.53. The number of ether oxygens (including phenoxy) is 2. The van der Waals surface area contributed by atoms with E-state index in [-0.39, 0.29) is 24.5 Å². The van der Waals surface area contributed by atoms with E-state index in [9.17, 15) is 19.1 Å². The first kappa shape index (κ1) is 17.2. The Kier molecular flexibility index (Phi) is 5.20. The van der Waals surface area contributed by atoms with Crippen LogP contribution in [0.5, 0.6) is 5.75 Å². The molecular formula is C16H20FNO5. The zero-order valence-corrected chi connectivity index (χ0v) is 13.2. The fourth-order valence-electron chi connectivity index (χ4n) is 2.95. The largest absolute Gasteiger partial charge is 0.496 e. The van der Waals surface area contributed by atoms with Crippen LogP contribution in [0.2, 0.25) is 0 Å². The molecule has 6 nitrogen and oxygen atoms in total. The maximum Gasteiger partial charge on any atom is 0.313 e. The number of carbonyl (C=O) groups excluding carboxylic acids is 1. The van der Waals surface area contributed by atoms with Crippen molar-refractivity contribution in [3.05, 3.63) is 29.6 Å². The molecule has 1 aliphatic heterocycles. The molecule has 0 bridgehead atoms. The van der Waals surface area contributed by atoms with Gasteiger partial charge in [-0.15, -0.1) is 0 Å². The molecule has 1 heterocycles. The van der Waals surface area contributed by atoms with Gasteiger partial charge in [-0.3, -0.25) is 9.59 Å². The summed E-state index contributed by atoms with van der Waals surface area (Å²) in [7, 11) is 2.83. The lowest BCUT2D eigenvalue weighted by Gasteiger charge is -2.39. The summed E-state index contributed by atoms with van der Waals surface area (Å²) in [5.41, 5.74) is -1.05. The number of carbonyl (C=O) groups is 2. The van der Waals surface area contributed by atoms with Gasteiger partial charge in [0.2, 0.25) is 0 Å². The first-order valence-corrected chi connectivity index (χ1v) is 7.28. The Morgan fingerprint density at radius 2 is 2.13 bits per heavy atom.